The topological polar surface area (TPSA) is 55.9 Å². The molecule has 2 heterocycles. The highest BCUT2D eigenvalue weighted by atomic mass is 32.2. The largest absolute Gasteiger partial charge is 0.338 e. The van der Waals surface area contributed by atoms with E-state index in [0.29, 0.717) is 26.2 Å². The van der Waals surface area contributed by atoms with Crippen molar-refractivity contribution in [1.29, 1.82) is 0 Å². The maximum Gasteiger partial charge on any atom is 0.320 e. The third kappa shape index (κ3) is 3.38. The number of amides is 3. The minimum Gasteiger partial charge on any atom is -0.338 e. The van der Waals surface area contributed by atoms with Crippen LogP contribution in [-0.2, 0) is 4.79 Å². The van der Waals surface area contributed by atoms with Crippen LogP contribution in [0, 0.1) is 0 Å². The molecule has 0 aromatic rings. The molecular formula is C13H24N4O2S. The fourth-order valence-corrected chi connectivity index (χ4v) is 3.52. The maximum absolute atomic E-state index is 12.3. The second-order valence-electron chi connectivity index (χ2n) is 5.04. The van der Waals surface area contributed by atoms with Gasteiger partial charge >= 0.3 is 6.03 Å². The van der Waals surface area contributed by atoms with Gasteiger partial charge in [-0.25, -0.2) is 4.79 Å². The van der Waals surface area contributed by atoms with Crippen LogP contribution >= 0.6 is 11.8 Å². The lowest BCUT2D eigenvalue weighted by Gasteiger charge is -2.37. The molecule has 2 aliphatic rings. The lowest BCUT2D eigenvalue weighted by Crippen LogP contribution is -2.56. The lowest BCUT2D eigenvalue weighted by atomic mass is 10.2. The monoisotopic (exact) mass is 300 g/mol. The number of piperazine rings is 1. The summed E-state index contributed by atoms with van der Waals surface area (Å²) < 4.78 is 0. The summed E-state index contributed by atoms with van der Waals surface area (Å²) in [6.45, 7) is 8.02. The van der Waals surface area contributed by atoms with Gasteiger partial charge in [0, 0.05) is 50.9 Å². The quantitative estimate of drug-likeness (QED) is 0.812. The first-order valence-electron chi connectivity index (χ1n) is 7.31. The summed E-state index contributed by atoms with van der Waals surface area (Å²) in [4.78, 5) is 30.1. The van der Waals surface area contributed by atoms with Crippen molar-refractivity contribution in [2.75, 3.05) is 50.9 Å². The smallest absolute Gasteiger partial charge is 0.320 e. The molecule has 1 atom stereocenters. The van der Waals surface area contributed by atoms with E-state index >= 15 is 0 Å². The van der Waals surface area contributed by atoms with Gasteiger partial charge < -0.3 is 14.7 Å². The highest BCUT2D eigenvalue weighted by molar-refractivity contribution is 7.99. The van der Waals surface area contributed by atoms with Crippen molar-refractivity contribution in [3.8, 4) is 0 Å². The molecule has 6 nitrogen and oxygen atoms in total. The Morgan fingerprint density at radius 2 is 1.75 bits per heavy atom. The lowest BCUT2D eigenvalue weighted by molar-refractivity contribution is -0.134. The normalized spacial score (nSPS) is 23.0. The summed E-state index contributed by atoms with van der Waals surface area (Å²) in [6, 6.07) is 0.0571. The third-order valence-corrected chi connectivity index (χ3v) is 4.85. The first-order valence-corrected chi connectivity index (χ1v) is 8.46. The molecule has 2 saturated heterocycles. The van der Waals surface area contributed by atoms with Crippen LogP contribution in [0.25, 0.3) is 0 Å². The third-order valence-electron chi connectivity index (χ3n) is 3.91. The Labute approximate surface area is 124 Å². The summed E-state index contributed by atoms with van der Waals surface area (Å²) in [5, 5.41) is 3.21. The van der Waals surface area contributed by atoms with Crippen molar-refractivity contribution in [1.82, 2.24) is 20.0 Å². The average molecular weight is 300 g/mol. The van der Waals surface area contributed by atoms with Crippen LogP contribution in [0.3, 0.4) is 0 Å². The van der Waals surface area contributed by atoms with Gasteiger partial charge in [0.2, 0.25) is 5.91 Å². The van der Waals surface area contributed by atoms with E-state index in [0.717, 1.165) is 24.7 Å². The number of nitrogens with one attached hydrogen (secondary N) is 1. The van der Waals surface area contributed by atoms with Gasteiger partial charge in [-0.15, -0.1) is 11.8 Å². The standard InChI is InChI=1S/C13H24N4O2S/c1-3-15(4-2)13(19)17-7-5-16(6-8-17)12(18)11-9-20-10-14-11/h11,14H,3-10H2,1-2H3. The highest BCUT2D eigenvalue weighted by Gasteiger charge is 2.31. The molecule has 2 aliphatic heterocycles. The molecule has 0 radical (unpaired) electrons. The number of hydrogen-bond donors (Lipinski definition) is 1. The van der Waals surface area contributed by atoms with Crippen LogP contribution in [0.4, 0.5) is 4.79 Å². The molecule has 2 fully saturated rings. The second kappa shape index (κ2) is 7.17. The first-order chi connectivity index (χ1) is 9.67. The Hall–Kier alpha value is -0.950. The van der Waals surface area contributed by atoms with Crippen LogP contribution in [-0.4, -0.2) is 83.6 Å². The van der Waals surface area contributed by atoms with E-state index in [4.69, 9.17) is 0 Å². The van der Waals surface area contributed by atoms with E-state index in [-0.39, 0.29) is 18.0 Å². The maximum atomic E-state index is 12.3. The molecular weight excluding hydrogens is 276 g/mol. The van der Waals surface area contributed by atoms with Gasteiger partial charge in [0.15, 0.2) is 0 Å². The zero-order valence-corrected chi connectivity index (χ0v) is 13.1. The zero-order chi connectivity index (χ0) is 14.5. The van der Waals surface area contributed by atoms with Gasteiger partial charge in [0.25, 0.3) is 0 Å². The van der Waals surface area contributed by atoms with Crippen LogP contribution < -0.4 is 5.32 Å². The van der Waals surface area contributed by atoms with E-state index in [9.17, 15) is 9.59 Å². The summed E-state index contributed by atoms with van der Waals surface area (Å²) in [6.07, 6.45) is 0. The number of urea groups is 1. The summed E-state index contributed by atoms with van der Waals surface area (Å²) in [7, 11) is 0. The van der Waals surface area contributed by atoms with E-state index in [2.05, 4.69) is 5.32 Å². The van der Waals surface area contributed by atoms with E-state index in [1.54, 1.807) is 11.8 Å². The fraction of sp³-hybridized carbons (Fsp3) is 0.846. The molecule has 1 N–H and O–H groups in total. The van der Waals surface area contributed by atoms with Crippen molar-refractivity contribution < 1.29 is 9.59 Å². The Morgan fingerprint density at radius 1 is 1.15 bits per heavy atom. The van der Waals surface area contributed by atoms with Gasteiger partial charge in [-0.2, -0.15) is 0 Å². The van der Waals surface area contributed by atoms with Crippen molar-refractivity contribution in [3.63, 3.8) is 0 Å². The second-order valence-corrected chi connectivity index (χ2v) is 6.07. The van der Waals surface area contributed by atoms with Crippen LogP contribution in [0.2, 0.25) is 0 Å². The molecule has 1 unspecified atom stereocenters. The Balaban J connectivity index is 1.82. The number of thioether (sulfide) groups is 1. The molecule has 2 rings (SSSR count). The molecule has 0 saturated carbocycles. The van der Waals surface area contributed by atoms with Gasteiger partial charge in [0.05, 0.1) is 6.04 Å². The Bertz CT molecular complexity index is 326. The molecule has 0 aromatic carbocycles. The summed E-state index contributed by atoms with van der Waals surface area (Å²) >= 11 is 1.76. The van der Waals surface area contributed by atoms with Crippen molar-refractivity contribution in [2.45, 2.75) is 19.9 Å². The van der Waals surface area contributed by atoms with Crippen molar-refractivity contribution in [3.05, 3.63) is 0 Å². The molecule has 0 bridgehead atoms. The first kappa shape index (κ1) is 15.4. The summed E-state index contributed by atoms with van der Waals surface area (Å²) in [5.74, 6) is 1.90. The van der Waals surface area contributed by atoms with Crippen molar-refractivity contribution in [2.24, 2.45) is 0 Å². The number of carbonyl (C=O) groups excluding carboxylic acids is 2. The molecule has 0 spiro atoms. The molecule has 114 valence electrons. The molecule has 20 heavy (non-hydrogen) atoms. The van der Waals surface area contributed by atoms with E-state index in [1.807, 2.05) is 28.5 Å². The molecule has 3 amide bonds. The van der Waals surface area contributed by atoms with Gasteiger partial charge in [-0.1, -0.05) is 0 Å². The predicted molar refractivity (Wildman–Crippen MR) is 80.7 cm³/mol. The van der Waals surface area contributed by atoms with Gasteiger partial charge in [-0.05, 0) is 13.8 Å². The summed E-state index contributed by atoms with van der Waals surface area (Å²) in [5.41, 5.74) is 0. The van der Waals surface area contributed by atoms with Gasteiger partial charge in [-0.3, -0.25) is 10.1 Å². The molecule has 0 aromatic heterocycles. The van der Waals surface area contributed by atoms with Gasteiger partial charge in [0.1, 0.15) is 0 Å². The van der Waals surface area contributed by atoms with Crippen molar-refractivity contribution >= 4 is 23.7 Å². The highest BCUT2D eigenvalue weighted by Crippen LogP contribution is 2.14. The van der Waals surface area contributed by atoms with Crippen LogP contribution in [0.15, 0.2) is 0 Å². The fourth-order valence-electron chi connectivity index (χ4n) is 2.59. The number of rotatable bonds is 3. The SMILES string of the molecule is CCN(CC)C(=O)N1CCN(C(=O)C2CSCN2)CC1. The Morgan fingerprint density at radius 3 is 2.25 bits per heavy atom. The Kier molecular flexibility index (Phi) is 5.54. The zero-order valence-electron chi connectivity index (χ0n) is 12.3. The average Bonchev–Trinajstić information content (AvgIpc) is 3.02. The number of carbonyl (C=O) groups is 2. The minimum absolute atomic E-state index is 0.0370. The van der Waals surface area contributed by atoms with E-state index < -0.39 is 0 Å². The predicted octanol–water partition coefficient (Wildman–Crippen LogP) is 0.255. The molecule has 7 heteroatoms. The van der Waals surface area contributed by atoms with Crippen LogP contribution in [0.5, 0.6) is 0 Å². The number of hydrogen-bond acceptors (Lipinski definition) is 4. The minimum atomic E-state index is -0.0370. The van der Waals surface area contributed by atoms with E-state index in [1.165, 1.54) is 0 Å². The molecule has 0 aliphatic carbocycles. The number of nitrogens with zero attached hydrogens (tertiary/aromatic N) is 3. The van der Waals surface area contributed by atoms with Crippen LogP contribution in [0.1, 0.15) is 13.8 Å².